The Morgan fingerprint density at radius 2 is 1.89 bits per heavy atom. The lowest BCUT2D eigenvalue weighted by Gasteiger charge is -2.29. The van der Waals surface area contributed by atoms with E-state index in [2.05, 4.69) is 0 Å². The second-order valence-corrected chi connectivity index (χ2v) is 6.51. The Morgan fingerprint density at radius 3 is 2.74 bits per heavy atom. The number of fused-ring (bicyclic) bond motifs is 2. The maximum absolute atomic E-state index is 12.5. The van der Waals surface area contributed by atoms with E-state index in [4.69, 9.17) is 13.9 Å². The third kappa shape index (κ3) is 3.53. The van der Waals surface area contributed by atoms with Crippen molar-refractivity contribution in [1.29, 1.82) is 0 Å². The molecule has 0 unspecified atom stereocenters. The van der Waals surface area contributed by atoms with Crippen LogP contribution in [0.5, 0.6) is 11.5 Å². The fourth-order valence-corrected chi connectivity index (χ4v) is 3.18. The predicted molar refractivity (Wildman–Crippen MR) is 99.1 cm³/mol. The van der Waals surface area contributed by atoms with Crippen molar-refractivity contribution in [2.45, 2.75) is 19.1 Å². The molecule has 0 bridgehead atoms. The Balaban J connectivity index is 1.36. The zero-order chi connectivity index (χ0) is 18.8. The van der Waals surface area contributed by atoms with Crippen molar-refractivity contribution in [2.75, 3.05) is 20.2 Å². The first-order valence-electron chi connectivity index (χ1n) is 8.82. The summed E-state index contributed by atoms with van der Waals surface area (Å²) in [4.78, 5) is 26.1. The van der Waals surface area contributed by atoms with Gasteiger partial charge in [-0.05, 0) is 24.3 Å². The van der Waals surface area contributed by atoms with Crippen LogP contribution in [0.3, 0.4) is 0 Å². The summed E-state index contributed by atoms with van der Waals surface area (Å²) < 4.78 is 18.2. The second-order valence-electron chi connectivity index (χ2n) is 6.51. The van der Waals surface area contributed by atoms with E-state index < -0.39 is 5.76 Å². The number of oxazole rings is 1. The molecular weight excluding hydrogens is 348 g/mol. The molecule has 2 aromatic carbocycles. The van der Waals surface area contributed by atoms with E-state index in [1.807, 2.05) is 30.3 Å². The number of ether oxygens (including phenoxy) is 2. The number of aryl methyl sites for hydroxylation is 1. The van der Waals surface area contributed by atoms with Crippen LogP contribution < -0.4 is 15.2 Å². The average molecular weight is 368 g/mol. The van der Waals surface area contributed by atoms with Crippen molar-refractivity contribution in [2.24, 2.45) is 0 Å². The monoisotopic (exact) mass is 368 g/mol. The van der Waals surface area contributed by atoms with Crippen molar-refractivity contribution in [3.63, 3.8) is 0 Å². The van der Waals surface area contributed by atoms with E-state index >= 15 is 0 Å². The van der Waals surface area contributed by atoms with Crippen LogP contribution in [0.4, 0.5) is 0 Å². The number of rotatable bonds is 5. The van der Waals surface area contributed by atoms with Gasteiger partial charge in [-0.15, -0.1) is 0 Å². The Bertz CT molecular complexity index is 1020. The van der Waals surface area contributed by atoms with Crippen LogP contribution in [0.15, 0.2) is 57.7 Å². The zero-order valence-corrected chi connectivity index (χ0v) is 15.0. The summed E-state index contributed by atoms with van der Waals surface area (Å²) in [6, 6.07) is 14.6. The summed E-state index contributed by atoms with van der Waals surface area (Å²) in [5, 5.41) is 0. The highest BCUT2D eigenvalue weighted by Crippen LogP contribution is 2.30. The van der Waals surface area contributed by atoms with E-state index in [1.165, 1.54) is 4.57 Å². The summed E-state index contributed by atoms with van der Waals surface area (Å²) in [5.74, 6) is 0.877. The Kier molecular flexibility index (Phi) is 4.58. The van der Waals surface area contributed by atoms with Crippen molar-refractivity contribution in [1.82, 2.24) is 9.47 Å². The average Bonchev–Trinajstić information content (AvgIpc) is 3.01. The molecule has 0 spiro atoms. The first-order chi connectivity index (χ1) is 13.1. The molecule has 0 N–H and O–H groups in total. The number of carbonyl (C=O) groups is 1. The quantitative estimate of drug-likeness (QED) is 0.691. The van der Waals surface area contributed by atoms with Gasteiger partial charge in [0.1, 0.15) is 6.61 Å². The van der Waals surface area contributed by atoms with Crippen molar-refractivity contribution in [3.8, 4) is 11.5 Å². The molecule has 27 heavy (non-hydrogen) atoms. The summed E-state index contributed by atoms with van der Waals surface area (Å²) in [6.45, 7) is 1.07. The van der Waals surface area contributed by atoms with Gasteiger partial charge in [0.05, 0.1) is 12.1 Å². The molecule has 0 radical (unpaired) electrons. The van der Waals surface area contributed by atoms with Crippen molar-refractivity contribution < 1.29 is 18.7 Å². The summed E-state index contributed by atoms with van der Waals surface area (Å²) >= 11 is 0. The molecule has 7 nitrogen and oxygen atoms in total. The maximum atomic E-state index is 12.5. The molecule has 0 saturated heterocycles. The van der Waals surface area contributed by atoms with Crippen LogP contribution >= 0.6 is 0 Å². The number of carbonyl (C=O) groups excluding carboxylic acids is 1. The fraction of sp³-hybridized carbons (Fsp3) is 0.300. The summed E-state index contributed by atoms with van der Waals surface area (Å²) in [5.41, 5.74) is 1.22. The minimum absolute atomic E-state index is 0.0744. The van der Waals surface area contributed by atoms with Gasteiger partial charge < -0.3 is 18.8 Å². The van der Waals surface area contributed by atoms with Crippen LogP contribution in [0.1, 0.15) is 6.42 Å². The third-order valence-electron chi connectivity index (χ3n) is 4.59. The first-order valence-corrected chi connectivity index (χ1v) is 8.82. The van der Waals surface area contributed by atoms with Crippen LogP contribution in [0, 0.1) is 0 Å². The first kappa shape index (κ1) is 17.2. The lowest BCUT2D eigenvalue weighted by molar-refractivity contribution is -0.131. The number of likely N-dealkylation sites (N-methyl/N-ethyl adjacent to an activating group) is 1. The Hall–Kier alpha value is -3.22. The minimum Gasteiger partial charge on any atom is -0.486 e. The van der Waals surface area contributed by atoms with Gasteiger partial charge >= 0.3 is 5.76 Å². The lowest BCUT2D eigenvalue weighted by Crippen LogP contribution is -2.42. The van der Waals surface area contributed by atoms with E-state index in [-0.39, 0.29) is 25.0 Å². The molecule has 4 rings (SSSR count). The van der Waals surface area contributed by atoms with Gasteiger partial charge in [-0.1, -0.05) is 24.3 Å². The summed E-state index contributed by atoms with van der Waals surface area (Å²) in [7, 11) is 1.72. The van der Waals surface area contributed by atoms with Crippen LogP contribution in [-0.4, -0.2) is 41.7 Å². The standard InChI is InChI=1S/C20H20N2O5/c1-21(12-14-13-25-17-8-4-5-9-18(17)26-14)19(23)10-11-22-15-6-2-3-7-16(15)27-20(22)24/h2-9,14H,10-13H2,1H3/t14-/m0/s1. The van der Waals surface area contributed by atoms with Crippen molar-refractivity contribution in [3.05, 3.63) is 59.1 Å². The van der Waals surface area contributed by atoms with E-state index in [0.29, 0.717) is 35.8 Å². The lowest BCUT2D eigenvalue weighted by atomic mass is 10.2. The highest BCUT2D eigenvalue weighted by atomic mass is 16.6. The summed E-state index contributed by atoms with van der Waals surface area (Å²) in [6.07, 6.45) is -0.0317. The highest BCUT2D eigenvalue weighted by molar-refractivity contribution is 5.76. The number of amides is 1. The molecule has 1 aromatic heterocycles. The van der Waals surface area contributed by atoms with Crippen LogP contribution in [0.25, 0.3) is 11.1 Å². The zero-order valence-electron chi connectivity index (χ0n) is 15.0. The third-order valence-corrected chi connectivity index (χ3v) is 4.59. The normalized spacial score (nSPS) is 15.7. The Labute approximate surface area is 155 Å². The number of aromatic nitrogens is 1. The molecule has 7 heteroatoms. The molecule has 1 atom stereocenters. The van der Waals surface area contributed by atoms with Crippen molar-refractivity contribution >= 4 is 17.0 Å². The molecule has 0 saturated carbocycles. The maximum Gasteiger partial charge on any atom is 0.419 e. The topological polar surface area (TPSA) is 73.9 Å². The second kappa shape index (κ2) is 7.19. The fourth-order valence-electron chi connectivity index (χ4n) is 3.18. The van der Waals surface area contributed by atoms with Gasteiger partial charge in [-0.2, -0.15) is 0 Å². The van der Waals surface area contributed by atoms with Gasteiger partial charge in [-0.3, -0.25) is 9.36 Å². The number of para-hydroxylation sites is 4. The van der Waals surface area contributed by atoms with Gasteiger partial charge in [0.2, 0.25) is 5.91 Å². The highest BCUT2D eigenvalue weighted by Gasteiger charge is 2.23. The molecule has 1 aliphatic rings. The number of hydrogen-bond acceptors (Lipinski definition) is 5. The largest absolute Gasteiger partial charge is 0.486 e. The van der Waals surface area contributed by atoms with Crippen LogP contribution in [0.2, 0.25) is 0 Å². The van der Waals surface area contributed by atoms with E-state index in [9.17, 15) is 9.59 Å². The van der Waals surface area contributed by atoms with E-state index in [0.717, 1.165) is 0 Å². The minimum atomic E-state index is -0.452. The van der Waals surface area contributed by atoms with E-state index in [1.54, 1.807) is 30.1 Å². The van der Waals surface area contributed by atoms with Crippen LogP contribution in [-0.2, 0) is 11.3 Å². The molecule has 140 valence electrons. The molecule has 0 fully saturated rings. The molecule has 2 heterocycles. The molecular formula is C20H20N2O5. The molecule has 0 aliphatic carbocycles. The number of benzene rings is 2. The van der Waals surface area contributed by atoms with Gasteiger partial charge in [0.15, 0.2) is 23.2 Å². The smallest absolute Gasteiger partial charge is 0.419 e. The molecule has 1 aliphatic heterocycles. The van der Waals surface area contributed by atoms with Gasteiger partial charge in [-0.25, -0.2) is 4.79 Å². The number of hydrogen-bond donors (Lipinski definition) is 0. The Morgan fingerprint density at radius 1 is 1.15 bits per heavy atom. The SMILES string of the molecule is CN(C[C@H]1COc2ccccc2O1)C(=O)CCn1c(=O)oc2ccccc21. The molecule has 1 amide bonds. The molecule has 3 aromatic rings. The number of nitrogens with zero attached hydrogens (tertiary/aromatic N) is 2. The van der Waals surface area contributed by atoms with Gasteiger partial charge in [0, 0.05) is 20.0 Å². The predicted octanol–water partition coefficient (Wildman–Crippen LogP) is 2.28. The van der Waals surface area contributed by atoms with Gasteiger partial charge in [0.25, 0.3) is 0 Å².